The molecule has 3 amide bonds. The lowest BCUT2D eigenvalue weighted by molar-refractivity contribution is -0.160. The molecule has 3 saturated heterocycles. The van der Waals surface area contributed by atoms with Crippen LogP contribution in [0.3, 0.4) is 0 Å². The molecule has 6 N–H and O–H groups in total. The monoisotopic (exact) mass is 618 g/mol. The number of thioether (sulfide) groups is 1. The Morgan fingerprint density at radius 1 is 1.19 bits per heavy atom. The number of hydrogen-bond donors (Lipinski definition) is 4. The Morgan fingerprint density at radius 3 is 2.51 bits per heavy atom. The smallest absolute Gasteiger partial charge is 0.353 e. The molecule has 43 heavy (non-hydrogen) atoms. The minimum atomic E-state index is -1.16. The van der Waals surface area contributed by atoms with Crippen LogP contribution in [0, 0.1) is 17.8 Å². The Labute approximate surface area is 252 Å². The SMILES string of the molecule is C[C@@H](CC(=O)Cn1cnnn1)[C@H]1C(=O)N2C(C(=O)O)=C(S[C@@H]3CN[C@H](C(=O)N4CCN(C(=O)[C@@H](N)CN)CC4)C3)[C@H](C)[C@H]12. The number of aliphatic carboxylic acids is 1. The van der Waals surface area contributed by atoms with Crippen molar-refractivity contribution in [2.75, 3.05) is 39.3 Å². The molecule has 17 heteroatoms. The van der Waals surface area contributed by atoms with Crippen molar-refractivity contribution in [1.82, 2.24) is 40.2 Å². The molecule has 3 fully saturated rings. The van der Waals surface area contributed by atoms with Gasteiger partial charge in [-0.05, 0) is 22.8 Å². The van der Waals surface area contributed by atoms with Crippen LogP contribution >= 0.6 is 11.8 Å². The minimum Gasteiger partial charge on any atom is -0.477 e. The van der Waals surface area contributed by atoms with Crippen LogP contribution < -0.4 is 16.8 Å². The van der Waals surface area contributed by atoms with Crippen molar-refractivity contribution in [2.45, 2.75) is 56.6 Å². The second kappa shape index (κ2) is 12.7. The number of rotatable bonds is 11. The third-order valence-corrected chi connectivity index (χ3v) is 10.4. The summed E-state index contributed by atoms with van der Waals surface area (Å²) in [6.45, 7) is 5.94. The van der Waals surface area contributed by atoms with Crippen molar-refractivity contribution in [3.8, 4) is 0 Å². The Morgan fingerprint density at radius 2 is 1.88 bits per heavy atom. The van der Waals surface area contributed by atoms with E-state index in [1.165, 1.54) is 27.7 Å². The highest BCUT2D eigenvalue weighted by Crippen LogP contribution is 2.53. The van der Waals surface area contributed by atoms with Crippen molar-refractivity contribution >= 4 is 41.2 Å². The molecule has 0 bridgehead atoms. The molecular formula is C26H38N10O6S. The fraction of sp³-hybridized carbons (Fsp3) is 0.692. The number of aromatic nitrogens is 4. The van der Waals surface area contributed by atoms with E-state index in [2.05, 4.69) is 20.8 Å². The number of tetrazole rings is 1. The maximum Gasteiger partial charge on any atom is 0.353 e. The van der Waals surface area contributed by atoms with E-state index in [1.807, 2.05) is 13.8 Å². The van der Waals surface area contributed by atoms with E-state index in [1.54, 1.807) is 9.80 Å². The topological polar surface area (TPSA) is 223 Å². The molecule has 0 aromatic carbocycles. The van der Waals surface area contributed by atoms with E-state index in [4.69, 9.17) is 11.5 Å². The highest BCUT2D eigenvalue weighted by atomic mass is 32.2. The molecule has 0 aliphatic carbocycles. The number of nitrogens with zero attached hydrogens (tertiary/aromatic N) is 7. The number of nitrogens with one attached hydrogen (secondary N) is 1. The molecule has 7 atom stereocenters. The first-order valence-corrected chi connectivity index (χ1v) is 15.4. The number of carbonyl (C=O) groups excluding carboxylic acids is 4. The van der Waals surface area contributed by atoms with Crippen LogP contribution in [0.4, 0.5) is 0 Å². The van der Waals surface area contributed by atoms with Crippen LogP contribution in [0.15, 0.2) is 16.9 Å². The molecule has 0 spiro atoms. The summed E-state index contributed by atoms with van der Waals surface area (Å²) in [7, 11) is 0. The number of carboxylic acid groups (broad SMARTS) is 1. The molecule has 4 aliphatic rings. The fourth-order valence-corrected chi connectivity index (χ4v) is 8.09. The summed E-state index contributed by atoms with van der Waals surface area (Å²) in [6, 6.07) is -1.50. The lowest BCUT2D eigenvalue weighted by atomic mass is 9.73. The Kier molecular flexibility index (Phi) is 9.15. The number of fused-ring (bicyclic) bond motifs is 1. The van der Waals surface area contributed by atoms with Gasteiger partial charge in [0, 0.05) is 61.8 Å². The number of β-lactam (4-membered cyclic amide) rings is 1. The lowest BCUT2D eigenvalue weighted by Crippen LogP contribution is -2.62. The zero-order chi connectivity index (χ0) is 31.0. The molecule has 16 nitrogen and oxygen atoms in total. The van der Waals surface area contributed by atoms with Crippen LogP contribution in [-0.4, -0.2) is 132 Å². The molecule has 234 valence electrons. The van der Waals surface area contributed by atoms with Gasteiger partial charge in [0.1, 0.15) is 18.6 Å². The molecule has 5 rings (SSSR count). The van der Waals surface area contributed by atoms with E-state index in [0.29, 0.717) is 44.0 Å². The molecule has 1 aromatic rings. The normalized spacial score (nSPS) is 28.5. The van der Waals surface area contributed by atoms with Crippen LogP contribution in [0.1, 0.15) is 26.7 Å². The quantitative estimate of drug-likeness (QED) is 0.188. The van der Waals surface area contributed by atoms with E-state index in [9.17, 15) is 29.1 Å². The minimum absolute atomic E-state index is 0.00205. The molecule has 4 aliphatic heterocycles. The number of amides is 3. The van der Waals surface area contributed by atoms with Crippen LogP contribution in [0.5, 0.6) is 0 Å². The standard InChI is InChI=1S/C26H38N10O6S/c1-13(7-15(37)11-35-12-30-31-32-35)19-20-14(2)22(21(26(41)42)36(20)25(19)40)43-16-8-18(29-10-16)24(39)34-5-3-33(4-6-34)23(38)17(28)9-27/h12-14,16-20,29H,3-11,27-28H2,1-2H3,(H,41,42)/t13-,14+,16-,17-,18-,19+,20+/m0/s1. The van der Waals surface area contributed by atoms with Gasteiger partial charge in [0.05, 0.1) is 24.0 Å². The van der Waals surface area contributed by atoms with Gasteiger partial charge in [-0.15, -0.1) is 16.9 Å². The van der Waals surface area contributed by atoms with Gasteiger partial charge in [-0.2, -0.15) is 0 Å². The zero-order valence-corrected chi connectivity index (χ0v) is 25.0. The molecule has 1 aromatic heterocycles. The number of Topliss-reactive ketones (excluding diaryl/α,β-unsaturated/α-hetero) is 1. The predicted octanol–water partition coefficient (Wildman–Crippen LogP) is -2.54. The summed E-state index contributed by atoms with van der Waals surface area (Å²) in [5.41, 5.74) is 11.3. The van der Waals surface area contributed by atoms with Crippen molar-refractivity contribution in [2.24, 2.45) is 29.2 Å². The average Bonchev–Trinajstić information content (AvgIpc) is 3.72. The average molecular weight is 619 g/mol. The Balaban J connectivity index is 1.17. The van der Waals surface area contributed by atoms with Crippen molar-refractivity contribution in [3.05, 3.63) is 16.9 Å². The lowest BCUT2D eigenvalue weighted by Gasteiger charge is -2.47. The van der Waals surface area contributed by atoms with Crippen molar-refractivity contribution in [1.29, 1.82) is 0 Å². The van der Waals surface area contributed by atoms with Gasteiger partial charge < -0.3 is 36.6 Å². The van der Waals surface area contributed by atoms with E-state index in [0.717, 1.165) is 0 Å². The summed E-state index contributed by atoms with van der Waals surface area (Å²) in [6.07, 6.45) is 2.01. The van der Waals surface area contributed by atoms with Gasteiger partial charge in [-0.25, -0.2) is 9.48 Å². The fourth-order valence-electron chi connectivity index (χ4n) is 6.61. The maximum atomic E-state index is 13.3. The summed E-state index contributed by atoms with van der Waals surface area (Å²) in [5.74, 6) is -2.80. The van der Waals surface area contributed by atoms with Gasteiger partial charge in [0.2, 0.25) is 17.7 Å². The number of carbonyl (C=O) groups is 5. The van der Waals surface area contributed by atoms with Crippen LogP contribution in [-0.2, 0) is 30.5 Å². The Bertz CT molecular complexity index is 1300. The van der Waals surface area contributed by atoms with Gasteiger partial charge in [-0.1, -0.05) is 13.8 Å². The summed E-state index contributed by atoms with van der Waals surface area (Å²) in [4.78, 5) is 69.1. The maximum absolute atomic E-state index is 13.3. The zero-order valence-electron chi connectivity index (χ0n) is 24.2. The number of ketones is 1. The van der Waals surface area contributed by atoms with E-state index >= 15 is 0 Å². The highest BCUT2D eigenvalue weighted by molar-refractivity contribution is 8.03. The van der Waals surface area contributed by atoms with Gasteiger partial charge in [0.25, 0.3) is 0 Å². The number of carboxylic acids is 1. The summed E-state index contributed by atoms with van der Waals surface area (Å²) >= 11 is 1.42. The van der Waals surface area contributed by atoms with Crippen LogP contribution in [0.25, 0.3) is 0 Å². The molecule has 0 saturated carbocycles. The Hall–Kier alpha value is -3.41. The number of piperazine rings is 1. The predicted molar refractivity (Wildman–Crippen MR) is 153 cm³/mol. The van der Waals surface area contributed by atoms with Crippen LogP contribution in [0.2, 0.25) is 0 Å². The van der Waals surface area contributed by atoms with Crippen molar-refractivity contribution in [3.63, 3.8) is 0 Å². The third-order valence-electron chi connectivity index (χ3n) is 8.84. The third kappa shape index (κ3) is 6.03. The first kappa shape index (κ1) is 31.0. The van der Waals surface area contributed by atoms with Gasteiger partial charge >= 0.3 is 5.97 Å². The van der Waals surface area contributed by atoms with Gasteiger partial charge in [-0.3, -0.25) is 19.2 Å². The van der Waals surface area contributed by atoms with Crippen molar-refractivity contribution < 1.29 is 29.1 Å². The molecule has 0 radical (unpaired) electrons. The number of nitrogens with two attached hydrogens (primary N) is 2. The van der Waals surface area contributed by atoms with E-state index < -0.39 is 24.0 Å². The van der Waals surface area contributed by atoms with E-state index in [-0.39, 0.29) is 71.8 Å². The highest BCUT2D eigenvalue weighted by Gasteiger charge is 2.60. The summed E-state index contributed by atoms with van der Waals surface area (Å²) in [5, 5.41) is 24.1. The number of hydrogen-bond acceptors (Lipinski definition) is 12. The molecular weight excluding hydrogens is 580 g/mol. The molecule has 0 unspecified atom stereocenters. The first-order chi connectivity index (χ1) is 20.5. The summed E-state index contributed by atoms with van der Waals surface area (Å²) < 4.78 is 1.33. The molecule has 5 heterocycles. The van der Waals surface area contributed by atoms with Gasteiger partial charge in [0.15, 0.2) is 5.78 Å². The second-order valence-corrected chi connectivity index (χ2v) is 13.0. The first-order valence-electron chi connectivity index (χ1n) is 14.5. The largest absolute Gasteiger partial charge is 0.477 e. The second-order valence-electron chi connectivity index (χ2n) is 11.7.